The molecule has 5 aromatic rings. The van der Waals surface area contributed by atoms with Gasteiger partial charge in [0.15, 0.2) is 5.75 Å². The zero-order valence-electron chi connectivity index (χ0n) is 20.6. The molecular weight excluding hydrogens is 480 g/mol. The number of hydrogen-bond acceptors (Lipinski definition) is 7. The second-order valence-electron chi connectivity index (χ2n) is 9.26. The first kappa shape index (κ1) is 23.5. The summed E-state index contributed by atoms with van der Waals surface area (Å²) in [6.45, 7) is 0.825. The van der Waals surface area contributed by atoms with Crippen LogP contribution in [-0.4, -0.2) is 25.8 Å². The number of ether oxygens (including phenoxy) is 2. The summed E-state index contributed by atoms with van der Waals surface area (Å²) in [4.78, 5) is 21.1. The summed E-state index contributed by atoms with van der Waals surface area (Å²) in [5.41, 5.74) is 8.63. The predicted molar refractivity (Wildman–Crippen MR) is 143 cm³/mol. The van der Waals surface area contributed by atoms with Crippen molar-refractivity contribution in [2.75, 3.05) is 5.73 Å². The topological polar surface area (TPSA) is 117 Å². The second-order valence-corrected chi connectivity index (χ2v) is 9.26. The Bertz CT molecular complexity index is 1580. The normalized spacial score (nSPS) is 12.8. The summed E-state index contributed by atoms with van der Waals surface area (Å²) in [6.07, 6.45) is 6.76. The molecule has 1 fully saturated rings. The van der Waals surface area contributed by atoms with E-state index < -0.39 is 6.09 Å². The number of aromatic nitrogens is 4. The molecular formula is C29H26N6O3. The SMILES string of the molecule is Nc1nccc2cc(CNC(=O)Oc3cn(Cc4ccc(Oc5ccccc5)nc4)nc3C3CC3)ccc12. The minimum Gasteiger partial charge on any atom is -0.439 e. The summed E-state index contributed by atoms with van der Waals surface area (Å²) >= 11 is 0. The van der Waals surface area contributed by atoms with Crippen molar-refractivity contribution in [3.63, 3.8) is 0 Å². The Labute approximate surface area is 219 Å². The average Bonchev–Trinajstić information content (AvgIpc) is 3.70. The number of rotatable bonds is 8. The molecule has 1 amide bonds. The van der Waals surface area contributed by atoms with Gasteiger partial charge in [0.25, 0.3) is 0 Å². The minimum absolute atomic E-state index is 0.318. The number of nitrogen functional groups attached to an aromatic ring is 1. The lowest BCUT2D eigenvalue weighted by atomic mass is 10.1. The molecule has 0 radical (unpaired) electrons. The number of nitrogens with one attached hydrogen (secondary N) is 1. The van der Waals surface area contributed by atoms with Crippen molar-refractivity contribution in [2.45, 2.75) is 31.8 Å². The maximum atomic E-state index is 12.6. The van der Waals surface area contributed by atoms with E-state index >= 15 is 0 Å². The van der Waals surface area contributed by atoms with Gasteiger partial charge in [-0.2, -0.15) is 5.10 Å². The molecule has 9 heteroatoms. The number of para-hydroxylation sites is 1. The fraction of sp³-hybridized carbons (Fsp3) is 0.172. The van der Waals surface area contributed by atoms with E-state index in [9.17, 15) is 4.79 Å². The number of fused-ring (bicyclic) bond motifs is 1. The van der Waals surface area contributed by atoms with E-state index in [1.165, 1.54) is 0 Å². The monoisotopic (exact) mass is 506 g/mol. The number of hydrogen-bond donors (Lipinski definition) is 2. The molecule has 0 saturated heterocycles. The van der Waals surface area contributed by atoms with Gasteiger partial charge in [0.1, 0.15) is 17.3 Å². The lowest BCUT2D eigenvalue weighted by Crippen LogP contribution is -2.26. The lowest BCUT2D eigenvalue weighted by molar-refractivity contribution is 0.199. The van der Waals surface area contributed by atoms with E-state index in [4.69, 9.17) is 20.3 Å². The molecule has 0 spiro atoms. The van der Waals surface area contributed by atoms with Crippen LogP contribution in [-0.2, 0) is 13.1 Å². The first-order chi connectivity index (χ1) is 18.6. The van der Waals surface area contributed by atoms with E-state index in [1.807, 2.05) is 66.7 Å². The maximum absolute atomic E-state index is 12.6. The van der Waals surface area contributed by atoms with E-state index in [2.05, 4.69) is 15.3 Å². The number of amides is 1. The number of nitrogens with two attached hydrogens (primary N) is 1. The third kappa shape index (κ3) is 5.41. The van der Waals surface area contributed by atoms with Crippen LogP contribution in [0.3, 0.4) is 0 Å². The maximum Gasteiger partial charge on any atom is 0.412 e. The smallest absolute Gasteiger partial charge is 0.412 e. The van der Waals surface area contributed by atoms with Gasteiger partial charge < -0.3 is 20.5 Å². The Kier molecular flexibility index (Phi) is 6.31. The highest BCUT2D eigenvalue weighted by molar-refractivity contribution is 5.91. The molecule has 0 atom stereocenters. The predicted octanol–water partition coefficient (Wildman–Crippen LogP) is 5.42. The van der Waals surface area contributed by atoms with Crippen LogP contribution in [0.2, 0.25) is 0 Å². The molecule has 9 nitrogen and oxygen atoms in total. The molecule has 3 N–H and O–H groups in total. The molecule has 0 aliphatic heterocycles. The van der Waals surface area contributed by atoms with E-state index in [1.54, 1.807) is 23.3 Å². The Balaban J connectivity index is 1.09. The van der Waals surface area contributed by atoms with Crippen LogP contribution in [0.1, 0.15) is 35.6 Å². The van der Waals surface area contributed by atoms with Crippen LogP contribution in [0.4, 0.5) is 10.6 Å². The van der Waals surface area contributed by atoms with Gasteiger partial charge in [-0.3, -0.25) is 4.68 Å². The van der Waals surface area contributed by atoms with Crippen molar-refractivity contribution in [1.29, 1.82) is 0 Å². The molecule has 1 saturated carbocycles. The summed E-state index contributed by atoms with van der Waals surface area (Å²) in [7, 11) is 0. The minimum atomic E-state index is -0.523. The average molecular weight is 507 g/mol. The summed E-state index contributed by atoms with van der Waals surface area (Å²) in [5, 5.41) is 9.39. The molecule has 1 aliphatic carbocycles. The molecule has 6 rings (SSSR count). The lowest BCUT2D eigenvalue weighted by Gasteiger charge is -2.08. The van der Waals surface area contributed by atoms with Gasteiger partial charge >= 0.3 is 6.09 Å². The zero-order valence-corrected chi connectivity index (χ0v) is 20.6. The first-order valence-corrected chi connectivity index (χ1v) is 12.4. The number of carbonyl (C=O) groups excluding carboxylic acids is 1. The number of pyridine rings is 2. The molecule has 0 bridgehead atoms. The van der Waals surface area contributed by atoms with E-state index in [-0.39, 0.29) is 0 Å². The molecule has 2 aromatic carbocycles. The number of benzene rings is 2. The third-order valence-corrected chi connectivity index (χ3v) is 6.33. The Hall–Kier alpha value is -4.92. The Morgan fingerprint density at radius 1 is 1.03 bits per heavy atom. The molecule has 38 heavy (non-hydrogen) atoms. The van der Waals surface area contributed by atoms with Gasteiger partial charge in [0, 0.05) is 36.3 Å². The van der Waals surface area contributed by atoms with Gasteiger partial charge in [0.2, 0.25) is 5.88 Å². The van der Waals surface area contributed by atoms with Crippen molar-refractivity contribution in [3.8, 4) is 17.4 Å². The first-order valence-electron chi connectivity index (χ1n) is 12.4. The van der Waals surface area contributed by atoms with Gasteiger partial charge in [-0.1, -0.05) is 36.4 Å². The van der Waals surface area contributed by atoms with Crippen LogP contribution in [0.15, 0.2) is 85.3 Å². The fourth-order valence-corrected chi connectivity index (χ4v) is 4.25. The number of carbonyl (C=O) groups is 1. The van der Waals surface area contributed by atoms with Crippen LogP contribution in [0, 0.1) is 0 Å². The van der Waals surface area contributed by atoms with E-state index in [0.29, 0.717) is 36.5 Å². The molecule has 0 unspecified atom stereocenters. The summed E-state index contributed by atoms with van der Waals surface area (Å²) < 4.78 is 13.2. The van der Waals surface area contributed by atoms with Crippen LogP contribution < -0.4 is 20.5 Å². The quantitative estimate of drug-likeness (QED) is 0.289. The van der Waals surface area contributed by atoms with Crippen molar-refractivity contribution in [3.05, 3.63) is 102 Å². The van der Waals surface area contributed by atoms with E-state index in [0.717, 1.165) is 46.2 Å². The van der Waals surface area contributed by atoms with Crippen molar-refractivity contribution in [2.24, 2.45) is 0 Å². The standard InChI is InChI=1S/C29H26N6O3/c30-28-24-10-6-19(14-22(24)12-13-31-28)15-33-29(36)38-25-18-35(34-27(25)21-8-9-21)17-20-7-11-26(32-16-20)37-23-4-2-1-3-5-23/h1-7,10-14,16,18,21H,8-9,15,17H2,(H2,30,31)(H,33,36). The van der Waals surface area contributed by atoms with Gasteiger partial charge in [0.05, 0.1) is 12.7 Å². The van der Waals surface area contributed by atoms with Gasteiger partial charge in [-0.25, -0.2) is 14.8 Å². The second kappa shape index (κ2) is 10.2. The van der Waals surface area contributed by atoms with Gasteiger partial charge in [-0.15, -0.1) is 0 Å². The van der Waals surface area contributed by atoms with Crippen molar-refractivity contribution >= 4 is 22.7 Å². The van der Waals surface area contributed by atoms with Crippen molar-refractivity contribution < 1.29 is 14.3 Å². The number of anilines is 1. The third-order valence-electron chi connectivity index (χ3n) is 6.33. The largest absolute Gasteiger partial charge is 0.439 e. The summed E-state index contributed by atoms with van der Waals surface area (Å²) in [6, 6.07) is 21.0. The fourth-order valence-electron chi connectivity index (χ4n) is 4.25. The van der Waals surface area contributed by atoms with Crippen molar-refractivity contribution in [1.82, 2.24) is 25.1 Å². The Morgan fingerprint density at radius 3 is 2.66 bits per heavy atom. The molecule has 3 heterocycles. The Morgan fingerprint density at radius 2 is 1.87 bits per heavy atom. The summed E-state index contributed by atoms with van der Waals surface area (Å²) in [5.74, 6) is 2.54. The number of nitrogens with zero attached hydrogens (tertiary/aromatic N) is 4. The molecule has 1 aliphatic rings. The van der Waals surface area contributed by atoms with Gasteiger partial charge in [-0.05, 0) is 53.6 Å². The van der Waals surface area contributed by atoms with Crippen LogP contribution in [0.25, 0.3) is 10.8 Å². The highest BCUT2D eigenvalue weighted by Crippen LogP contribution is 2.43. The zero-order chi connectivity index (χ0) is 25.9. The highest BCUT2D eigenvalue weighted by atomic mass is 16.6. The highest BCUT2D eigenvalue weighted by Gasteiger charge is 2.31. The van der Waals surface area contributed by atoms with Crippen LogP contribution in [0.5, 0.6) is 17.4 Å². The van der Waals surface area contributed by atoms with Crippen LogP contribution >= 0.6 is 0 Å². The molecule has 3 aromatic heterocycles. The molecule has 190 valence electrons.